The number of benzene rings is 1. The highest BCUT2D eigenvalue weighted by atomic mass is 16.5. The van der Waals surface area contributed by atoms with Crippen molar-refractivity contribution in [2.45, 2.75) is 65.4 Å². The van der Waals surface area contributed by atoms with Crippen LogP contribution in [0, 0.1) is 5.92 Å². The van der Waals surface area contributed by atoms with Crippen LogP contribution in [-0.4, -0.2) is 55.6 Å². The highest BCUT2D eigenvalue weighted by Crippen LogP contribution is 2.21. The van der Waals surface area contributed by atoms with Crippen molar-refractivity contribution in [2.24, 2.45) is 5.92 Å². The Morgan fingerprint density at radius 1 is 1.13 bits per heavy atom. The molecule has 1 unspecified atom stereocenters. The van der Waals surface area contributed by atoms with Crippen LogP contribution >= 0.6 is 0 Å². The summed E-state index contributed by atoms with van der Waals surface area (Å²) in [5, 5.41) is 6.00. The summed E-state index contributed by atoms with van der Waals surface area (Å²) in [7, 11) is 0. The number of rotatable bonds is 11. The van der Waals surface area contributed by atoms with Gasteiger partial charge in [-0.2, -0.15) is 0 Å². The van der Waals surface area contributed by atoms with E-state index in [9.17, 15) is 9.59 Å². The lowest BCUT2D eigenvalue weighted by Gasteiger charge is -2.30. The van der Waals surface area contributed by atoms with E-state index < -0.39 is 0 Å². The maximum atomic E-state index is 12.4. The fourth-order valence-electron chi connectivity index (χ4n) is 3.63. The molecule has 1 fully saturated rings. The lowest BCUT2D eigenvalue weighted by molar-refractivity contribution is -0.126. The van der Waals surface area contributed by atoms with Gasteiger partial charge in [-0.25, -0.2) is 0 Å². The average molecular weight is 418 g/mol. The molecule has 1 saturated heterocycles. The molecule has 1 atom stereocenters. The Morgan fingerprint density at radius 3 is 2.40 bits per heavy atom. The quantitative estimate of drug-likeness (QED) is 0.538. The molecule has 0 radical (unpaired) electrons. The zero-order valence-electron chi connectivity index (χ0n) is 19.1. The lowest BCUT2D eigenvalue weighted by Crippen LogP contribution is -2.43. The summed E-state index contributed by atoms with van der Waals surface area (Å²) in [6.45, 7) is 11.6. The lowest BCUT2D eigenvalue weighted by atomic mass is 9.96. The molecule has 0 aromatic heterocycles. The van der Waals surface area contributed by atoms with E-state index in [0.29, 0.717) is 25.6 Å². The Morgan fingerprint density at radius 2 is 1.80 bits per heavy atom. The number of amides is 2. The zero-order valence-corrected chi connectivity index (χ0v) is 19.1. The SMILES string of the molecule is CCC(C)c1ccc(NC(=O)CN2CCC(C(=O)NCCCOC(C)C)CC2)cc1. The molecule has 0 aliphatic carbocycles. The first kappa shape index (κ1) is 24.4. The van der Waals surface area contributed by atoms with Gasteiger partial charge in [0.1, 0.15) is 0 Å². The molecule has 0 saturated carbocycles. The summed E-state index contributed by atoms with van der Waals surface area (Å²) < 4.78 is 5.49. The van der Waals surface area contributed by atoms with Gasteiger partial charge in [0.15, 0.2) is 0 Å². The maximum absolute atomic E-state index is 12.4. The molecule has 1 aromatic carbocycles. The van der Waals surface area contributed by atoms with E-state index in [0.717, 1.165) is 44.5 Å². The zero-order chi connectivity index (χ0) is 21.9. The number of likely N-dealkylation sites (tertiary alicyclic amines) is 1. The van der Waals surface area contributed by atoms with Gasteiger partial charge < -0.3 is 15.4 Å². The second kappa shape index (κ2) is 12.7. The fraction of sp³-hybridized carbons (Fsp3) is 0.667. The molecule has 1 aromatic rings. The van der Waals surface area contributed by atoms with Crippen LogP contribution in [0.15, 0.2) is 24.3 Å². The number of hydrogen-bond donors (Lipinski definition) is 2. The highest BCUT2D eigenvalue weighted by molar-refractivity contribution is 5.92. The monoisotopic (exact) mass is 417 g/mol. The van der Waals surface area contributed by atoms with Gasteiger partial charge in [-0.3, -0.25) is 14.5 Å². The fourth-order valence-corrected chi connectivity index (χ4v) is 3.63. The molecular formula is C24H39N3O3. The Hall–Kier alpha value is -1.92. The molecule has 1 aliphatic rings. The minimum absolute atomic E-state index is 0.000607. The molecular weight excluding hydrogens is 378 g/mol. The second-order valence-electron chi connectivity index (χ2n) is 8.59. The minimum atomic E-state index is -0.000607. The Labute approximate surface area is 181 Å². The summed E-state index contributed by atoms with van der Waals surface area (Å²) >= 11 is 0. The number of anilines is 1. The Kier molecular flexibility index (Phi) is 10.3. The van der Waals surface area contributed by atoms with Crippen LogP contribution in [0.1, 0.15) is 64.9 Å². The highest BCUT2D eigenvalue weighted by Gasteiger charge is 2.25. The van der Waals surface area contributed by atoms with E-state index in [1.165, 1.54) is 5.56 Å². The van der Waals surface area contributed by atoms with Gasteiger partial charge in [0, 0.05) is 24.8 Å². The third-order valence-electron chi connectivity index (χ3n) is 5.77. The number of hydrogen-bond acceptors (Lipinski definition) is 4. The predicted octanol–water partition coefficient (Wildman–Crippen LogP) is 3.78. The molecule has 2 rings (SSSR count). The standard InChI is InChI=1S/C24H39N3O3/c1-5-19(4)20-7-9-22(10-8-20)26-23(28)17-27-14-11-21(12-15-27)24(29)25-13-6-16-30-18(2)3/h7-10,18-19,21H,5-6,11-17H2,1-4H3,(H,25,29)(H,26,28). The van der Waals surface area contributed by atoms with Crippen LogP contribution in [-0.2, 0) is 14.3 Å². The summed E-state index contributed by atoms with van der Waals surface area (Å²) in [4.78, 5) is 26.8. The first-order chi connectivity index (χ1) is 14.4. The van der Waals surface area contributed by atoms with Gasteiger partial charge in [-0.1, -0.05) is 26.0 Å². The van der Waals surface area contributed by atoms with E-state index in [1.54, 1.807) is 0 Å². The maximum Gasteiger partial charge on any atom is 0.238 e. The summed E-state index contributed by atoms with van der Waals surface area (Å²) in [5.41, 5.74) is 2.13. The molecule has 0 spiro atoms. The van der Waals surface area contributed by atoms with Crippen LogP contribution in [0.3, 0.4) is 0 Å². The van der Waals surface area contributed by atoms with Crippen LogP contribution < -0.4 is 10.6 Å². The normalized spacial score (nSPS) is 16.4. The van der Waals surface area contributed by atoms with Gasteiger partial charge in [0.25, 0.3) is 0 Å². The van der Waals surface area contributed by atoms with Crippen LogP contribution in [0.25, 0.3) is 0 Å². The van der Waals surface area contributed by atoms with Gasteiger partial charge in [-0.15, -0.1) is 0 Å². The van der Waals surface area contributed by atoms with E-state index in [4.69, 9.17) is 4.74 Å². The molecule has 2 N–H and O–H groups in total. The summed E-state index contributed by atoms with van der Waals surface area (Å²) in [5.74, 6) is 0.703. The second-order valence-corrected chi connectivity index (χ2v) is 8.59. The number of carbonyl (C=O) groups is 2. The van der Waals surface area contributed by atoms with Gasteiger partial charge in [-0.05, 0) is 76.2 Å². The van der Waals surface area contributed by atoms with Crippen LogP contribution in [0.5, 0.6) is 0 Å². The largest absolute Gasteiger partial charge is 0.379 e. The van der Waals surface area contributed by atoms with Crippen molar-refractivity contribution in [2.75, 3.05) is 38.1 Å². The smallest absolute Gasteiger partial charge is 0.238 e. The average Bonchev–Trinajstić information content (AvgIpc) is 2.73. The van der Waals surface area contributed by atoms with E-state index in [1.807, 2.05) is 26.0 Å². The molecule has 1 heterocycles. The van der Waals surface area contributed by atoms with Crippen molar-refractivity contribution >= 4 is 17.5 Å². The number of piperidine rings is 1. The van der Waals surface area contributed by atoms with E-state index >= 15 is 0 Å². The topological polar surface area (TPSA) is 70.7 Å². The van der Waals surface area contributed by atoms with Crippen LogP contribution in [0.2, 0.25) is 0 Å². The number of nitrogens with one attached hydrogen (secondary N) is 2. The molecule has 6 nitrogen and oxygen atoms in total. The van der Waals surface area contributed by atoms with Crippen molar-refractivity contribution < 1.29 is 14.3 Å². The van der Waals surface area contributed by atoms with Crippen molar-refractivity contribution in [3.63, 3.8) is 0 Å². The first-order valence-corrected chi connectivity index (χ1v) is 11.4. The van der Waals surface area contributed by atoms with E-state index in [2.05, 4.69) is 41.5 Å². The number of carbonyl (C=O) groups excluding carboxylic acids is 2. The molecule has 0 bridgehead atoms. The minimum Gasteiger partial charge on any atom is -0.379 e. The first-order valence-electron chi connectivity index (χ1n) is 11.4. The number of nitrogens with zero attached hydrogens (tertiary/aromatic N) is 1. The van der Waals surface area contributed by atoms with Gasteiger partial charge >= 0.3 is 0 Å². The number of ether oxygens (including phenoxy) is 1. The third-order valence-corrected chi connectivity index (χ3v) is 5.77. The van der Waals surface area contributed by atoms with E-state index in [-0.39, 0.29) is 23.8 Å². The van der Waals surface area contributed by atoms with Crippen molar-refractivity contribution in [1.29, 1.82) is 0 Å². The van der Waals surface area contributed by atoms with Crippen molar-refractivity contribution in [3.05, 3.63) is 29.8 Å². The van der Waals surface area contributed by atoms with Crippen LogP contribution in [0.4, 0.5) is 5.69 Å². The Balaban J connectivity index is 1.65. The third kappa shape index (κ3) is 8.44. The molecule has 30 heavy (non-hydrogen) atoms. The molecule has 6 heteroatoms. The predicted molar refractivity (Wildman–Crippen MR) is 122 cm³/mol. The van der Waals surface area contributed by atoms with Gasteiger partial charge in [0.05, 0.1) is 12.6 Å². The molecule has 1 aliphatic heterocycles. The van der Waals surface area contributed by atoms with Gasteiger partial charge in [0.2, 0.25) is 11.8 Å². The molecule has 168 valence electrons. The molecule has 2 amide bonds. The summed E-state index contributed by atoms with van der Waals surface area (Å²) in [6, 6.07) is 8.12. The summed E-state index contributed by atoms with van der Waals surface area (Å²) in [6.07, 6.45) is 3.76. The van der Waals surface area contributed by atoms with Crippen molar-refractivity contribution in [1.82, 2.24) is 10.2 Å². The Bertz CT molecular complexity index is 652. The van der Waals surface area contributed by atoms with Crippen molar-refractivity contribution in [3.8, 4) is 0 Å².